The third kappa shape index (κ3) is 4.75. The molecule has 0 bridgehead atoms. The Kier molecular flexibility index (Phi) is 6.22. The van der Waals surface area contributed by atoms with Crippen molar-refractivity contribution in [1.82, 2.24) is 9.78 Å². The summed E-state index contributed by atoms with van der Waals surface area (Å²) in [5.41, 5.74) is 2.98. The number of aromatic nitrogens is 2. The molecule has 1 fully saturated rings. The molecule has 3 heterocycles. The number of nitrogens with zero attached hydrogens (tertiary/aromatic N) is 4. The van der Waals surface area contributed by atoms with Crippen LogP contribution in [0.3, 0.4) is 0 Å². The minimum absolute atomic E-state index is 0.0477. The molecule has 0 spiro atoms. The number of hydrogen-bond acceptors (Lipinski definition) is 6. The lowest BCUT2D eigenvalue weighted by atomic mass is 10.0. The standard InChI is InChI=1S/C23H30N4O5S/c1-15(2)32-23(29)25-13-16(3)27(17(4)28)21-6-5-18(11-22(21)25)19-12-24-26(14-19)20-7-9-33(30,31)10-8-20/h5-6,11-12,14-16,20H,7-10,13H2,1-4H3. The van der Waals surface area contributed by atoms with Gasteiger partial charge in [-0.3, -0.25) is 14.4 Å². The van der Waals surface area contributed by atoms with Gasteiger partial charge in [-0.05, 0) is 51.3 Å². The molecule has 10 heteroatoms. The second-order valence-electron chi connectivity index (χ2n) is 9.08. The van der Waals surface area contributed by atoms with Crippen molar-refractivity contribution in [2.24, 2.45) is 0 Å². The van der Waals surface area contributed by atoms with Crippen molar-refractivity contribution >= 4 is 33.2 Å². The van der Waals surface area contributed by atoms with E-state index < -0.39 is 15.9 Å². The van der Waals surface area contributed by atoms with Gasteiger partial charge in [0.05, 0.1) is 47.3 Å². The van der Waals surface area contributed by atoms with E-state index in [9.17, 15) is 18.0 Å². The van der Waals surface area contributed by atoms with Gasteiger partial charge in [0.2, 0.25) is 5.91 Å². The molecule has 2 aromatic rings. The highest BCUT2D eigenvalue weighted by Gasteiger charge is 2.35. The second kappa shape index (κ2) is 8.81. The van der Waals surface area contributed by atoms with Gasteiger partial charge < -0.3 is 9.64 Å². The van der Waals surface area contributed by atoms with Crippen LogP contribution in [0.25, 0.3) is 11.1 Å². The smallest absolute Gasteiger partial charge is 0.414 e. The number of rotatable bonds is 3. The molecule has 2 amide bonds. The number of fused-ring (bicyclic) bond motifs is 1. The molecule has 178 valence electrons. The molecule has 0 radical (unpaired) electrons. The van der Waals surface area contributed by atoms with Crippen molar-refractivity contribution in [3.8, 4) is 11.1 Å². The Morgan fingerprint density at radius 1 is 1.12 bits per heavy atom. The Bertz CT molecular complexity index is 1160. The number of sulfone groups is 1. The highest BCUT2D eigenvalue weighted by Crippen LogP contribution is 2.39. The minimum Gasteiger partial charge on any atom is -0.446 e. The molecule has 4 rings (SSSR count). The molecule has 1 saturated heterocycles. The van der Waals surface area contributed by atoms with E-state index >= 15 is 0 Å². The van der Waals surface area contributed by atoms with Crippen molar-refractivity contribution in [2.75, 3.05) is 27.9 Å². The van der Waals surface area contributed by atoms with Gasteiger partial charge in [-0.2, -0.15) is 5.10 Å². The van der Waals surface area contributed by atoms with Crippen LogP contribution in [-0.2, 0) is 19.4 Å². The molecule has 1 aromatic carbocycles. The fourth-order valence-corrected chi connectivity index (χ4v) is 6.02. The summed E-state index contributed by atoms with van der Waals surface area (Å²) in [6, 6.07) is 5.50. The number of hydrogen-bond donors (Lipinski definition) is 0. The maximum Gasteiger partial charge on any atom is 0.414 e. The van der Waals surface area contributed by atoms with E-state index in [1.807, 2.05) is 36.0 Å². The predicted molar refractivity (Wildman–Crippen MR) is 126 cm³/mol. The lowest BCUT2D eigenvalue weighted by molar-refractivity contribution is -0.117. The van der Waals surface area contributed by atoms with E-state index in [-0.39, 0.29) is 35.6 Å². The van der Waals surface area contributed by atoms with Crippen molar-refractivity contribution in [1.29, 1.82) is 0 Å². The van der Waals surface area contributed by atoms with Crippen molar-refractivity contribution in [2.45, 2.75) is 58.7 Å². The molecule has 1 unspecified atom stereocenters. The van der Waals surface area contributed by atoms with Crippen LogP contribution in [0.2, 0.25) is 0 Å². The number of amides is 2. The van der Waals surface area contributed by atoms with Gasteiger partial charge in [0.1, 0.15) is 9.84 Å². The molecular weight excluding hydrogens is 444 g/mol. The number of ether oxygens (including phenoxy) is 1. The number of anilines is 2. The molecule has 33 heavy (non-hydrogen) atoms. The van der Waals surface area contributed by atoms with Crippen molar-refractivity contribution in [3.05, 3.63) is 30.6 Å². The SMILES string of the molecule is CC(=O)N1c2ccc(-c3cnn(C4CCS(=O)(=O)CC4)c3)cc2N(C(=O)OC(C)C)CC1C. The van der Waals surface area contributed by atoms with Gasteiger partial charge in [-0.1, -0.05) is 6.07 Å². The quantitative estimate of drug-likeness (QED) is 0.676. The van der Waals surface area contributed by atoms with E-state index in [1.54, 1.807) is 29.8 Å². The monoisotopic (exact) mass is 474 g/mol. The highest BCUT2D eigenvalue weighted by molar-refractivity contribution is 7.91. The average molecular weight is 475 g/mol. The van der Waals surface area contributed by atoms with Crippen LogP contribution in [0, 0.1) is 0 Å². The maximum atomic E-state index is 12.8. The maximum absolute atomic E-state index is 12.8. The Balaban J connectivity index is 1.67. The third-order valence-electron chi connectivity index (χ3n) is 6.14. The van der Waals surface area contributed by atoms with E-state index in [0.717, 1.165) is 11.1 Å². The molecule has 1 atom stereocenters. The lowest BCUT2D eigenvalue weighted by Gasteiger charge is -2.40. The van der Waals surface area contributed by atoms with Crippen LogP contribution >= 0.6 is 0 Å². The summed E-state index contributed by atoms with van der Waals surface area (Å²) in [6.45, 7) is 7.36. The van der Waals surface area contributed by atoms with Crippen molar-refractivity contribution < 1.29 is 22.7 Å². The van der Waals surface area contributed by atoms with Crippen LogP contribution in [0.15, 0.2) is 30.6 Å². The van der Waals surface area contributed by atoms with Crippen molar-refractivity contribution in [3.63, 3.8) is 0 Å². The molecule has 0 N–H and O–H groups in total. The Labute approximate surface area is 194 Å². The first-order chi connectivity index (χ1) is 15.6. The summed E-state index contributed by atoms with van der Waals surface area (Å²) >= 11 is 0. The van der Waals surface area contributed by atoms with Gasteiger partial charge >= 0.3 is 6.09 Å². The summed E-state index contributed by atoms with van der Waals surface area (Å²) in [6.07, 6.45) is 4.05. The molecular formula is C23H30N4O5S. The Hall–Kier alpha value is -2.88. The first-order valence-corrected chi connectivity index (χ1v) is 13.0. The van der Waals surface area contributed by atoms with Gasteiger partial charge in [-0.15, -0.1) is 0 Å². The van der Waals surface area contributed by atoms with E-state index in [0.29, 0.717) is 30.8 Å². The van der Waals surface area contributed by atoms with E-state index in [4.69, 9.17) is 4.74 Å². The summed E-state index contributed by atoms with van der Waals surface area (Å²) in [5.74, 6) is 0.267. The van der Waals surface area contributed by atoms with Crippen LogP contribution in [0.1, 0.15) is 46.6 Å². The normalized spacial score (nSPS) is 20.6. The molecule has 0 saturated carbocycles. The third-order valence-corrected chi connectivity index (χ3v) is 7.86. The zero-order chi connectivity index (χ0) is 23.9. The number of carbonyl (C=O) groups is 2. The average Bonchev–Trinajstić information content (AvgIpc) is 3.22. The summed E-state index contributed by atoms with van der Waals surface area (Å²) in [7, 11) is -2.94. The molecule has 2 aliphatic heterocycles. The van der Waals surface area contributed by atoms with E-state index in [1.165, 1.54) is 6.92 Å². The predicted octanol–water partition coefficient (Wildman–Crippen LogP) is 3.41. The largest absolute Gasteiger partial charge is 0.446 e. The molecule has 9 nitrogen and oxygen atoms in total. The first-order valence-electron chi connectivity index (χ1n) is 11.2. The van der Waals surface area contributed by atoms with Gasteiger partial charge in [0.15, 0.2) is 0 Å². The van der Waals surface area contributed by atoms with E-state index in [2.05, 4.69) is 5.10 Å². The van der Waals surface area contributed by atoms with Crippen LogP contribution < -0.4 is 9.80 Å². The number of benzene rings is 1. The number of carbonyl (C=O) groups excluding carboxylic acids is 2. The zero-order valence-electron chi connectivity index (χ0n) is 19.4. The lowest BCUT2D eigenvalue weighted by Crippen LogP contribution is -2.51. The Morgan fingerprint density at radius 3 is 2.45 bits per heavy atom. The second-order valence-corrected chi connectivity index (χ2v) is 11.4. The van der Waals surface area contributed by atoms with Gasteiger partial charge in [0, 0.05) is 25.2 Å². The summed E-state index contributed by atoms with van der Waals surface area (Å²) < 4.78 is 30.8. The van der Waals surface area contributed by atoms with Crippen LogP contribution in [-0.4, -0.2) is 60.4 Å². The van der Waals surface area contributed by atoms with Crippen LogP contribution in [0.5, 0.6) is 0 Å². The molecule has 0 aliphatic carbocycles. The van der Waals surface area contributed by atoms with Gasteiger partial charge in [-0.25, -0.2) is 13.2 Å². The summed E-state index contributed by atoms with van der Waals surface area (Å²) in [4.78, 5) is 28.5. The van der Waals surface area contributed by atoms with Crippen LogP contribution in [0.4, 0.5) is 16.2 Å². The molecule has 1 aromatic heterocycles. The zero-order valence-corrected chi connectivity index (χ0v) is 20.2. The summed E-state index contributed by atoms with van der Waals surface area (Å²) in [5, 5.41) is 4.48. The fourth-order valence-electron chi connectivity index (χ4n) is 4.55. The fraction of sp³-hybridized carbons (Fsp3) is 0.522. The minimum atomic E-state index is -2.94. The highest BCUT2D eigenvalue weighted by atomic mass is 32.2. The Morgan fingerprint density at radius 2 is 1.82 bits per heavy atom. The molecule has 2 aliphatic rings. The first kappa shape index (κ1) is 23.3. The van der Waals surface area contributed by atoms with Gasteiger partial charge in [0.25, 0.3) is 0 Å². The topological polar surface area (TPSA) is 102 Å².